The number of rotatable bonds is 7. The summed E-state index contributed by atoms with van der Waals surface area (Å²) in [6.45, 7) is 1.38. The van der Waals surface area contributed by atoms with Gasteiger partial charge in [0.05, 0.1) is 7.11 Å². The van der Waals surface area contributed by atoms with E-state index in [9.17, 15) is 4.79 Å². The van der Waals surface area contributed by atoms with Crippen LogP contribution >= 0.6 is 11.3 Å². The van der Waals surface area contributed by atoms with Gasteiger partial charge in [0.25, 0.3) is 5.91 Å². The molecule has 1 rings (SSSR count). The van der Waals surface area contributed by atoms with Crippen LogP contribution < -0.4 is 21.5 Å². The van der Waals surface area contributed by atoms with E-state index < -0.39 is 5.91 Å². The summed E-state index contributed by atoms with van der Waals surface area (Å²) in [6.07, 6.45) is 0.851. The van der Waals surface area contributed by atoms with E-state index in [0.717, 1.165) is 11.4 Å². The zero-order valence-electron chi connectivity index (χ0n) is 9.91. The zero-order chi connectivity index (χ0) is 12.8. The van der Waals surface area contributed by atoms with Crippen LogP contribution in [0.1, 0.15) is 16.1 Å². The maximum atomic E-state index is 11.1. The second kappa shape index (κ2) is 6.31. The fraction of sp³-hybridized carbons (Fsp3) is 0.500. The van der Waals surface area contributed by atoms with Crippen molar-refractivity contribution in [3.05, 3.63) is 4.88 Å². The molecule has 0 fully saturated rings. The van der Waals surface area contributed by atoms with Crippen LogP contribution in [-0.4, -0.2) is 33.3 Å². The van der Waals surface area contributed by atoms with Crippen LogP contribution in [0.15, 0.2) is 0 Å². The molecule has 0 bridgehead atoms. The summed E-state index contributed by atoms with van der Waals surface area (Å²) < 4.78 is 10.1. The number of carbonyl (C=O) groups excluding carboxylic acids is 1. The highest BCUT2D eigenvalue weighted by molar-refractivity contribution is 7.19. The second-order valence-corrected chi connectivity index (χ2v) is 4.37. The summed E-state index contributed by atoms with van der Waals surface area (Å²) in [5.74, 6) is -0.0723. The Balaban J connectivity index is 2.77. The maximum Gasteiger partial charge on any atom is 0.261 e. The Morgan fingerprint density at radius 1 is 1.47 bits per heavy atom. The van der Waals surface area contributed by atoms with Gasteiger partial charge in [0.15, 0.2) is 5.75 Å². The van der Waals surface area contributed by atoms with E-state index in [4.69, 9.17) is 20.9 Å². The number of ether oxygens (including phenoxy) is 2. The standard InChI is InChI=1S/C10H17N3O3S/c1-15-5-3-4-13-10-7(16-2)6(11)8(17-10)9(12)14/h13H,3-5,11H2,1-2H3,(H2,12,14). The van der Waals surface area contributed by atoms with Crippen LogP contribution in [-0.2, 0) is 4.74 Å². The van der Waals surface area contributed by atoms with Gasteiger partial charge in [0.1, 0.15) is 15.6 Å². The minimum Gasteiger partial charge on any atom is -0.492 e. The van der Waals surface area contributed by atoms with Crippen molar-refractivity contribution in [3.8, 4) is 5.75 Å². The van der Waals surface area contributed by atoms with E-state index in [1.54, 1.807) is 7.11 Å². The molecule has 17 heavy (non-hydrogen) atoms. The lowest BCUT2D eigenvalue weighted by molar-refractivity contribution is 0.100. The van der Waals surface area contributed by atoms with Crippen molar-refractivity contribution in [3.63, 3.8) is 0 Å². The van der Waals surface area contributed by atoms with Crippen LogP contribution in [0.25, 0.3) is 0 Å². The van der Waals surface area contributed by atoms with Gasteiger partial charge in [0, 0.05) is 20.3 Å². The predicted octanol–water partition coefficient (Wildman–Crippen LogP) is 0.886. The molecule has 0 unspecified atom stereocenters. The number of methoxy groups -OCH3 is 2. The van der Waals surface area contributed by atoms with E-state index >= 15 is 0 Å². The zero-order valence-corrected chi connectivity index (χ0v) is 10.7. The average molecular weight is 259 g/mol. The first-order valence-corrected chi connectivity index (χ1v) is 5.92. The smallest absolute Gasteiger partial charge is 0.261 e. The Morgan fingerprint density at radius 2 is 2.18 bits per heavy atom. The largest absolute Gasteiger partial charge is 0.492 e. The molecule has 0 aliphatic carbocycles. The fourth-order valence-corrected chi connectivity index (χ4v) is 2.32. The van der Waals surface area contributed by atoms with Crippen molar-refractivity contribution < 1.29 is 14.3 Å². The molecule has 0 atom stereocenters. The van der Waals surface area contributed by atoms with Crippen LogP contribution in [0, 0.1) is 0 Å². The van der Waals surface area contributed by atoms with Gasteiger partial charge in [0.2, 0.25) is 0 Å². The van der Waals surface area contributed by atoms with Crippen molar-refractivity contribution in [1.82, 2.24) is 0 Å². The molecule has 1 aromatic rings. The number of thiophene rings is 1. The molecule has 0 aliphatic heterocycles. The third-order valence-electron chi connectivity index (χ3n) is 2.14. The topological polar surface area (TPSA) is 99.6 Å². The lowest BCUT2D eigenvalue weighted by atomic mass is 10.3. The molecular weight excluding hydrogens is 242 g/mol. The van der Waals surface area contributed by atoms with E-state index in [1.165, 1.54) is 18.4 Å². The molecule has 96 valence electrons. The average Bonchev–Trinajstić information content (AvgIpc) is 2.61. The molecule has 1 amide bonds. The molecule has 1 aromatic heterocycles. The molecule has 1 heterocycles. The molecule has 0 saturated carbocycles. The molecule has 0 aliphatic rings. The van der Waals surface area contributed by atoms with Gasteiger partial charge < -0.3 is 26.3 Å². The van der Waals surface area contributed by atoms with Gasteiger partial charge in [-0.2, -0.15) is 0 Å². The first-order chi connectivity index (χ1) is 8.11. The second-order valence-electron chi connectivity index (χ2n) is 3.34. The van der Waals surface area contributed by atoms with Crippen LogP contribution in [0.3, 0.4) is 0 Å². The van der Waals surface area contributed by atoms with E-state index in [-0.39, 0.29) is 0 Å². The summed E-state index contributed by atoms with van der Waals surface area (Å²) in [4.78, 5) is 11.4. The third-order valence-corrected chi connectivity index (χ3v) is 3.30. The van der Waals surface area contributed by atoms with E-state index in [1.807, 2.05) is 0 Å². The van der Waals surface area contributed by atoms with Crippen molar-refractivity contribution in [2.75, 3.05) is 38.4 Å². The van der Waals surface area contributed by atoms with Gasteiger partial charge in [-0.1, -0.05) is 0 Å². The van der Waals surface area contributed by atoms with Crippen molar-refractivity contribution >= 4 is 27.9 Å². The number of nitrogens with one attached hydrogen (secondary N) is 1. The SMILES string of the molecule is COCCCNc1sc(C(N)=O)c(N)c1OC. The van der Waals surface area contributed by atoms with Gasteiger partial charge in [-0.15, -0.1) is 11.3 Å². The van der Waals surface area contributed by atoms with E-state index in [2.05, 4.69) is 5.32 Å². The summed E-state index contributed by atoms with van der Waals surface area (Å²) >= 11 is 1.20. The molecule has 6 nitrogen and oxygen atoms in total. The first kappa shape index (κ1) is 13.6. The number of hydrogen-bond acceptors (Lipinski definition) is 6. The minimum atomic E-state index is -0.546. The van der Waals surface area contributed by atoms with Crippen LogP contribution in [0.5, 0.6) is 5.75 Å². The Bertz CT molecular complexity index is 392. The fourth-order valence-electron chi connectivity index (χ4n) is 1.35. The number of primary amides is 1. The molecular formula is C10H17N3O3S. The van der Waals surface area contributed by atoms with E-state index in [0.29, 0.717) is 29.5 Å². The number of amides is 1. The molecule has 0 spiro atoms. The predicted molar refractivity (Wildman–Crippen MR) is 68.8 cm³/mol. The third kappa shape index (κ3) is 3.24. The summed E-state index contributed by atoms with van der Waals surface area (Å²) in [6, 6.07) is 0. The number of nitrogen functional groups attached to an aromatic ring is 1. The number of hydrogen-bond donors (Lipinski definition) is 3. The Labute approximate surface area is 104 Å². The molecule has 5 N–H and O–H groups in total. The van der Waals surface area contributed by atoms with Crippen LogP contribution in [0.2, 0.25) is 0 Å². The van der Waals surface area contributed by atoms with Crippen molar-refractivity contribution in [1.29, 1.82) is 0 Å². The number of anilines is 2. The molecule has 0 aromatic carbocycles. The Hall–Kier alpha value is -1.47. The summed E-state index contributed by atoms with van der Waals surface area (Å²) in [5, 5.41) is 3.86. The highest BCUT2D eigenvalue weighted by Crippen LogP contribution is 2.42. The lowest BCUT2D eigenvalue weighted by Gasteiger charge is -2.06. The van der Waals surface area contributed by atoms with Crippen molar-refractivity contribution in [2.24, 2.45) is 5.73 Å². The molecule has 7 heteroatoms. The number of nitrogens with two attached hydrogens (primary N) is 2. The van der Waals surface area contributed by atoms with Crippen molar-refractivity contribution in [2.45, 2.75) is 6.42 Å². The lowest BCUT2D eigenvalue weighted by Crippen LogP contribution is -2.10. The van der Waals surface area contributed by atoms with Gasteiger partial charge in [-0.3, -0.25) is 4.79 Å². The quantitative estimate of drug-likeness (QED) is 0.631. The highest BCUT2D eigenvalue weighted by atomic mass is 32.1. The summed E-state index contributed by atoms with van der Waals surface area (Å²) in [5.41, 5.74) is 11.3. The Kier molecular flexibility index (Phi) is 5.05. The number of carbonyl (C=O) groups is 1. The normalized spacial score (nSPS) is 10.2. The maximum absolute atomic E-state index is 11.1. The summed E-state index contributed by atoms with van der Waals surface area (Å²) in [7, 11) is 3.15. The highest BCUT2D eigenvalue weighted by Gasteiger charge is 2.19. The molecule has 0 saturated heterocycles. The molecule has 0 radical (unpaired) electrons. The van der Waals surface area contributed by atoms with Gasteiger partial charge >= 0.3 is 0 Å². The monoisotopic (exact) mass is 259 g/mol. The van der Waals surface area contributed by atoms with Crippen LogP contribution in [0.4, 0.5) is 10.7 Å². The van der Waals surface area contributed by atoms with Gasteiger partial charge in [-0.05, 0) is 6.42 Å². The Morgan fingerprint density at radius 3 is 2.71 bits per heavy atom. The van der Waals surface area contributed by atoms with Gasteiger partial charge in [-0.25, -0.2) is 0 Å². The first-order valence-electron chi connectivity index (χ1n) is 5.10. The minimum absolute atomic E-state index is 0.291.